The maximum absolute atomic E-state index is 12.6. The van der Waals surface area contributed by atoms with E-state index in [0.717, 1.165) is 31.4 Å². The maximum atomic E-state index is 12.6. The summed E-state index contributed by atoms with van der Waals surface area (Å²) in [4.78, 5) is 15.2. The number of nitrogens with zero attached hydrogens (tertiary/aromatic N) is 1. The maximum Gasteiger partial charge on any atom is 0.265 e. The van der Waals surface area contributed by atoms with Crippen LogP contribution in [0.3, 0.4) is 0 Å². The largest absolute Gasteiger partial charge is 0.334 e. The average Bonchev–Trinajstić information content (AvgIpc) is 2.77. The number of aryl methyl sites for hydroxylation is 1. The second-order valence-corrected chi connectivity index (χ2v) is 6.51. The third-order valence-electron chi connectivity index (χ3n) is 4.03. The molecule has 2 atom stereocenters. The van der Waals surface area contributed by atoms with Gasteiger partial charge in [-0.3, -0.25) is 4.79 Å². The molecule has 19 heavy (non-hydrogen) atoms. The Bertz CT molecular complexity index is 460. The van der Waals surface area contributed by atoms with Crippen molar-refractivity contribution in [2.45, 2.75) is 39.2 Å². The van der Waals surface area contributed by atoms with Crippen LogP contribution in [0.2, 0.25) is 5.02 Å². The normalized spacial score (nSPS) is 23.7. The SMILES string of the molecule is CCC1CCN(C(=O)c2scc(C)c2Cl)C(CN)C1. The highest BCUT2D eigenvalue weighted by atomic mass is 35.5. The summed E-state index contributed by atoms with van der Waals surface area (Å²) in [5.74, 6) is 0.742. The lowest BCUT2D eigenvalue weighted by atomic mass is 9.89. The van der Waals surface area contributed by atoms with Crippen LogP contribution in [0.4, 0.5) is 0 Å². The highest BCUT2D eigenvalue weighted by molar-refractivity contribution is 7.13. The van der Waals surface area contributed by atoms with Gasteiger partial charge in [0.15, 0.2) is 0 Å². The third kappa shape index (κ3) is 2.96. The molecule has 0 aliphatic carbocycles. The second-order valence-electron chi connectivity index (χ2n) is 5.25. The van der Waals surface area contributed by atoms with Crippen LogP contribution in [0.5, 0.6) is 0 Å². The zero-order valence-corrected chi connectivity index (χ0v) is 13.1. The third-order valence-corrected chi connectivity index (χ3v) is 5.71. The summed E-state index contributed by atoms with van der Waals surface area (Å²) in [5, 5.41) is 2.54. The number of carbonyl (C=O) groups excluding carboxylic acids is 1. The van der Waals surface area contributed by atoms with Crippen molar-refractivity contribution in [3.05, 3.63) is 20.8 Å². The molecule has 2 unspecified atom stereocenters. The number of nitrogens with two attached hydrogens (primary N) is 1. The molecule has 0 bridgehead atoms. The highest BCUT2D eigenvalue weighted by Crippen LogP contribution is 2.32. The monoisotopic (exact) mass is 300 g/mol. The van der Waals surface area contributed by atoms with Crippen molar-refractivity contribution in [3.8, 4) is 0 Å². The van der Waals surface area contributed by atoms with Crippen molar-refractivity contribution in [1.29, 1.82) is 0 Å². The molecule has 3 nitrogen and oxygen atoms in total. The molecule has 0 aromatic carbocycles. The van der Waals surface area contributed by atoms with Crippen molar-refractivity contribution in [3.63, 3.8) is 0 Å². The van der Waals surface area contributed by atoms with E-state index < -0.39 is 0 Å². The van der Waals surface area contributed by atoms with E-state index in [9.17, 15) is 4.79 Å². The van der Waals surface area contributed by atoms with Gasteiger partial charge in [0.05, 0.1) is 5.02 Å². The standard InChI is InChI=1S/C14H21ClN2OS/c1-3-10-4-5-17(11(6-10)7-16)14(18)13-12(15)9(2)8-19-13/h8,10-11H,3-7,16H2,1-2H3. The van der Waals surface area contributed by atoms with Crippen LogP contribution in [-0.4, -0.2) is 29.9 Å². The van der Waals surface area contributed by atoms with Gasteiger partial charge in [-0.2, -0.15) is 0 Å². The molecule has 0 radical (unpaired) electrons. The van der Waals surface area contributed by atoms with Gasteiger partial charge in [0.1, 0.15) is 4.88 Å². The Kier molecular flexibility index (Phi) is 4.87. The zero-order chi connectivity index (χ0) is 14.0. The number of rotatable bonds is 3. The lowest BCUT2D eigenvalue weighted by Crippen LogP contribution is -2.49. The molecule has 2 heterocycles. The van der Waals surface area contributed by atoms with Gasteiger partial charge in [0.25, 0.3) is 5.91 Å². The fourth-order valence-corrected chi connectivity index (χ4v) is 3.93. The van der Waals surface area contributed by atoms with Crippen LogP contribution >= 0.6 is 22.9 Å². The number of likely N-dealkylation sites (tertiary alicyclic amines) is 1. The fraction of sp³-hybridized carbons (Fsp3) is 0.643. The number of amides is 1. The number of piperidine rings is 1. The van der Waals surface area contributed by atoms with Gasteiger partial charge in [0.2, 0.25) is 0 Å². The summed E-state index contributed by atoms with van der Waals surface area (Å²) < 4.78 is 0. The lowest BCUT2D eigenvalue weighted by molar-refractivity contribution is 0.0563. The van der Waals surface area contributed by atoms with E-state index in [-0.39, 0.29) is 11.9 Å². The molecule has 1 aliphatic heterocycles. The summed E-state index contributed by atoms with van der Waals surface area (Å²) in [6.45, 7) is 5.46. The van der Waals surface area contributed by atoms with Crippen LogP contribution < -0.4 is 5.73 Å². The van der Waals surface area contributed by atoms with E-state index in [0.29, 0.717) is 22.4 Å². The molecule has 1 aliphatic rings. The molecule has 1 aromatic rings. The van der Waals surface area contributed by atoms with Gasteiger partial charge >= 0.3 is 0 Å². The van der Waals surface area contributed by atoms with Gasteiger partial charge < -0.3 is 10.6 Å². The van der Waals surface area contributed by atoms with Crippen LogP contribution in [-0.2, 0) is 0 Å². The van der Waals surface area contributed by atoms with Gasteiger partial charge in [-0.05, 0) is 36.6 Å². The first-order valence-electron chi connectivity index (χ1n) is 6.83. The number of halogens is 1. The van der Waals surface area contributed by atoms with Gasteiger partial charge in [-0.15, -0.1) is 11.3 Å². The first-order chi connectivity index (χ1) is 9.08. The molecule has 1 amide bonds. The lowest BCUT2D eigenvalue weighted by Gasteiger charge is -2.38. The van der Waals surface area contributed by atoms with Gasteiger partial charge in [-0.25, -0.2) is 0 Å². The smallest absolute Gasteiger partial charge is 0.265 e. The Balaban J connectivity index is 2.16. The molecule has 1 fully saturated rings. The predicted molar refractivity (Wildman–Crippen MR) is 81.0 cm³/mol. The minimum Gasteiger partial charge on any atom is -0.334 e. The van der Waals surface area contributed by atoms with E-state index >= 15 is 0 Å². The Morgan fingerprint density at radius 2 is 2.37 bits per heavy atom. The first-order valence-corrected chi connectivity index (χ1v) is 8.08. The number of carbonyl (C=O) groups is 1. The van der Waals surface area contributed by atoms with E-state index in [1.807, 2.05) is 17.2 Å². The Hall–Kier alpha value is -0.580. The van der Waals surface area contributed by atoms with E-state index in [4.69, 9.17) is 17.3 Å². The molecule has 106 valence electrons. The van der Waals surface area contributed by atoms with Crippen LogP contribution in [0.15, 0.2) is 5.38 Å². The Morgan fingerprint density at radius 3 is 2.89 bits per heavy atom. The second kappa shape index (κ2) is 6.25. The highest BCUT2D eigenvalue weighted by Gasteiger charge is 2.32. The Labute approximate surface area is 123 Å². The van der Waals surface area contributed by atoms with Crippen molar-refractivity contribution < 1.29 is 4.79 Å². The summed E-state index contributed by atoms with van der Waals surface area (Å²) in [7, 11) is 0. The van der Waals surface area contributed by atoms with E-state index in [2.05, 4.69) is 6.92 Å². The average molecular weight is 301 g/mol. The Morgan fingerprint density at radius 1 is 1.63 bits per heavy atom. The summed E-state index contributed by atoms with van der Waals surface area (Å²) >= 11 is 7.63. The number of hydrogen-bond donors (Lipinski definition) is 1. The number of thiophene rings is 1. The molecule has 2 N–H and O–H groups in total. The zero-order valence-electron chi connectivity index (χ0n) is 11.5. The quantitative estimate of drug-likeness (QED) is 0.931. The van der Waals surface area contributed by atoms with Crippen molar-refractivity contribution in [2.24, 2.45) is 11.7 Å². The van der Waals surface area contributed by atoms with Crippen molar-refractivity contribution in [1.82, 2.24) is 4.90 Å². The van der Waals surface area contributed by atoms with Crippen LogP contribution in [0, 0.1) is 12.8 Å². The summed E-state index contributed by atoms with van der Waals surface area (Å²) in [5.41, 5.74) is 6.82. The topological polar surface area (TPSA) is 46.3 Å². The van der Waals surface area contributed by atoms with Crippen molar-refractivity contribution in [2.75, 3.05) is 13.1 Å². The van der Waals surface area contributed by atoms with E-state index in [1.54, 1.807) is 0 Å². The van der Waals surface area contributed by atoms with Crippen LogP contribution in [0.25, 0.3) is 0 Å². The first kappa shape index (κ1) is 14.8. The molecule has 1 saturated heterocycles. The predicted octanol–water partition coefficient (Wildman–Crippen LogP) is 3.30. The van der Waals surface area contributed by atoms with Gasteiger partial charge in [0, 0.05) is 19.1 Å². The molecule has 2 rings (SSSR count). The number of hydrogen-bond acceptors (Lipinski definition) is 3. The minimum absolute atomic E-state index is 0.0492. The fourth-order valence-electron chi connectivity index (χ4n) is 2.70. The van der Waals surface area contributed by atoms with Gasteiger partial charge in [-0.1, -0.05) is 24.9 Å². The van der Waals surface area contributed by atoms with Crippen LogP contribution in [0.1, 0.15) is 41.4 Å². The molecule has 1 aromatic heterocycles. The molecule has 0 spiro atoms. The summed E-state index contributed by atoms with van der Waals surface area (Å²) in [6.07, 6.45) is 3.25. The van der Waals surface area contributed by atoms with Crippen molar-refractivity contribution >= 4 is 28.8 Å². The molecular formula is C14H21ClN2OS. The molecular weight excluding hydrogens is 280 g/mol. The summed E-state index contributed by atoms with van der Waals surface area (Å²) in [6, 6.07) is 0.157. The molecule has 5 heteroatoms. The minimum atomic E-state index is 0.0492. The molecule has 0 saturated carbocycles. The van der Waals surface area contributed by atoms with E-state index in [1.165, 1.54) is 11.3 Å².